The van der Waals surface area contributed by atoms with E-state index >= 15 is 0 Å². The number of hydrogen-bond acceptors (Lipinski definition) is 11. The summed E-state index contributed by atoms with van der Waals surface area (Å²) in [5.41, 5.74) is 10.7. The molecule has 0 bridgehead atoms. The van der Waals surface area contributed by atoms with Crippen molar-refractivity contribution < 1.29 is 43.3 Å². The summed E-state index contributed by atoms with van der Waals surface area (Å²) in [6, 6.07) is 15.0. The molecule has 0 fully saturated rings. The molecule has 7 rings (SSSR count). The van der Waals surface area contributed by atoms with Gasteiger partial charge in [-0.05, 0) is 66.8 Å². The summed E-state index contributed by atoms with van der Waals surface area (Å²) < 4.78 is 14.7. The summed E-state index contributed by atoms with van der Waals surface area (Å²) in [6.07, 6.45) is 5.84. The largest absolute Gasteiger partial charge is 0.493 e. The molecule has 0 aliphatic carbocycles. The number of carboxylic acid groups (broad SMARTS) is 1. The number of rotatable bonds is 16. The van der Waals surface area contributed by atoms with E-state index in [-0.39, 0.29) is 59.7 Å². The van der Waals surface area contributed by atoms with Crippen LogP contribution in [0.5, 0.6) is 11.5 Å². The zero-order valence-corrected chi connectivity index (χ0v) is 36.7. The van der Waals surface area contributed by atoms with Gasteiger partial charge in [-0.25, -0.2) is 9.78 Å². The van der Waals surface area contributed by atoms with Crippen LogP contribution in [0.4, 0.5) is 28.6 Å². The van der Waals surface area contributed by atoms with E-state index in [4.69, 9.17) is 15.2 Å². The minimum absolute atomic E-state index is 0.0674. The highest BCUT2D eigenvalue weighted by molar-refractivity contribution is 6.15. The average molecular weight is 887 g/mol. The van der Waals surface area contributed by atoms with Crippen molar-refractivity contribution in [1.82, 2.24) is 19.4 Å². The highest BCUT2D eigenvalue weighted by Crippen LogP contribution is 2.42. The van der Waals surface area contributed by atoms with Gasteiger partial charge in [0.15, 0.2) is 17.3 Å². The molecule has 7 N–H and O–H groups in total. The van der Waals surface area contributed by atoms with Gasteiger partial charge in [0.1, 0.15) is 11.7 Å². The monoisotopic (exact) mass is 886 g/mol. The Morgan fingerprint density at radius 3 is 2.31 bits per heavy atom. The number of fused-ring (bicyclic) bond motifs is 4. The third kappa shape index (κ3) is 9.89. The van der Waals surface area contributed by atoms with Gasteiger partial charge in [0, 0.05) is 68.5 Å². The standard InChI is InChI=1S/C46H50N10O9/c1-24(2)40(47)43(59)49-25(3)42(58)51-30-14-11-27-16-31-21-48-33-20-37(36(64-6)19-32(33)45(61)56(31)34(27)18-30)65-15-7-8-39(57)52-38-23-55(5)41(53-38)44(60)50-29-12-9-26(10-13-29)28-17-35(46(62)63)54(4)22-28/h9-14,17-25,31,40H,7-8,15-16,47H2,1-6H3,(H,49,59)(H,50,60)(H,51,58)(H,52,57)(H,62,63)/t25?,31-,40?/m0/s1. The van der Waals surface area contributed by atoms with E-state index in [1.54, 1.807) is 92.9 Å². The number of hydrogen-bond donors (Lipinski definition) is 6. The summed E-state index contributed by atoms with van der Waals surface area (Å²) in [6.45, 7) is 5.34. The number of benzene rings is 3. The molecule has 19 nitrogen and oxygen atoms in total. The highest BCUT2D eigenvalue weighted by atomic mass is 16.5. The van der Waals surface area contributed by atoms with E-state index < -0.39 is 35.8 Å². The number of nitrogens with zero attached hydrogens (tertiary/aromatic N) is 5. The van der Waals surface area contributed by atoms with Gasteiger partial charge in [-0.2, -0.15) is 0 Å². The van der Waals surface area contributed by atoms with Crippen LogP contribution in [-0.4, -0.2) is 92.8 Å². The van der Waals surface area contributed by atoms with E-state index in [0.29, 0.717) is 47.1 Å². The van der Waals surface area contributed by atoms with Gasteiger partial charge in [0.2, 0.25) is 23.5 Å². The smallest absolute Gasteiger partial charge is 0.352 e. The molecule has 3 aromatic carbocycles. The molecule has 0 saturated carbocycles. The molecule has 19 heteroatoms. The number of ether oxygens (including phenoxy) is 2. The van der Waals surface area contributed by atoms with Crippen LogP contribution in [-0.2, 0) is 34.9 Å². The first-order chi connectivity index (χ1) is 31.0. The molecule has 0 saturated heterocycles. The van der Waals surface area contributed by atoms with E-state index in [2.05, 4.69) is 31.2 Å². The lowest BCUT2D eigenvalue weighted by molar-refractivity contribution is -0.127. The SMILES string of the molecule is COc1cc2c(cc1OCCCC(=O)Nc1cn(C)c(C(=O)Nc3ccc(-c4cc(C(=O)O)n(C)c4)cc3)n1)N=C[C@@H]1Cc3ccc(NC(=O)C(C)NC(=O)C(N)C(C)C)cc3N1C2=O. The number of imidazole rings is 1. The minimum atomic E-state index is -1.03. The molecular weight excluding hydrogens is 837 g/mol. The summed E-state index contributed by atoms with van der Waals surface area (Å²) in [5.74, 6) is -2.25. The maximum atomic E-state index is 14.2. The van der Waals surface area contributed by atoms with E-state index in [1.807, 2.05) is 19.9 Å². The molecule has 5 amide bonds. The molecule has 2 aromatic heterocycles. The number of amides is 5. The molecule has 338 valence electrons. The van der Waals surface area contributed by atoms with Crippen molar-refractivity contribution in [2.45, 2.75) is 58.2 Å². The number of carboxylic acids is 1. The Bertz CT molecular complexity index is 2720. The van der Waals surface area contributed by atoms with Crippen molar-refractivity contribution in [3.05, 3.63) is 95.7 Å². The number of nitrogens with one attached hydrogen (secondary N) is 4. The predicted molar refractivity (Wildman–Crippen MR) is 243 cm³/mol. The third-order valence-corrected chi connectivity index (χ3v) is 11.1. The lowest BCUT2D eigenvalue weighted by atomic mass is 10.0. The van der Waals surface area contributed by atoms with Crippen molar-refractivity contribution in [1.29, 1.82) is 0 Å². The first-order valence-electron chi connectivity index (χ1n) is 20.9. The zero-order valence-electron chi connectivity index (χ0n) is 36.7. The molecule has 2 unspecified atom stereocenters. The van der Waals surface area contributed by atoms with Crippen LogP contribution in [0.3, 0.4) is 0 Å². The number of nitrogens with two attached hydrogens (primary N) is 1. The van der Waals surface area contributed by atoms with Crippen LogP contribution in [0.1, 0.15) is 70.6 Å². The fraction of sp³-hybridized carbons (Fsp3) is 0.304. The Morgan fingerprint density at radius 1 is 0.877 bits per heavy atom. The van der Waals surface area contributed by atoms with Crippen LogP contribution in [0.2, 0.25) is 0 Å². The Hall–Kier alpha value is -7.80. The van der Waals surface area contributed by atoms with Gasteiger partial charge in [-0.3, -0.25) is 33.9 Å². The van der Waals surface area contributed by atoms with E-state index in [1.165, 1.54) is 22.4 Å². The predicted octanol–water partition coefficient (Wildman–Crippen LogP) is 4.90. The fourth-order valence-electron chi connectivity index (χ4n) is 7.46. The van der Waals surface area contributed by atoms with Gasteiger partial charge in [0.25, 0.3) is 11.8 Å². The van der Waals surface area contributed by atoms with Crippen LogP contribution in [0.15, 0.2) is 78.0 Å². The number of aryl methyl sites for hydroxylation is 2. The molecule has 65 heavy (non-hydrogen) atoms. The number of aliphatic imine (C=N–C) groups is 1. The number of aromatic carboxylic acids is 1. The van der Waals surface area contributed by atoms with Crippen molar-refractivity contribution in [2.75, 3.05) is 34.6 Å². The van der Waals surface area contributed by atoms with Crippen molar-refractivity contribution in [3.8, 4) is 22.6 Å². The lowest BCUT2D eigenvalue weighted by Gasteiger charge is -2.23. The number of carbonyl (C=O) groups is 6. The van der Waals surface area contributed by atoms with Crippen LogP contribution in [0, 0.1) is 5.92 Å². The van der Waals surface area contributed by atoms with Crippen molar-refractivity contribution in [2.24, 2.45) is 30.7 Å². The second-order valence-electron chi connectivity index (χ2n) is 16.2. The van der Waals surface area contributed by atoms with Crippen LogP contribution >= 0.6 is 0 Å². The highest BCUT2D eigenvalue weighted by Gasteiger charge is 2.37. The summed E-state index contributed by atoms with van der Waals surface area (Å²) in [7, 11) is 4.74. The molecule has 4 heterocycles. The first-order valence-corrected chi connectivity index (χ1v) is 20.9. The van der Waals surface area contributed by atoms with Gasteiger partial charge >= 0.3 is 5.97 Å². The van der Waals surface area contributed by atoms with Crippen molar-refractivity contribution >= 4 is 70.3 Å². The van der Waals surface area contributed by atoms with Crippen LogP contribution in [0.25, 0.3) is 11.1 Å². The van der Waals surface area contributed by atoms with Gasteiger partial charge < -0.3 is 50.7 Å². The van der Waals surface area contributed by atoms with E-state index in [0.717, 1.165) is 16.7 Å². The zero-order chi connectivity index (χ0) is 46.7. The third-order valence-electron chi connectivity index (χ3n) is 11.1. The molecule has 5 aromatic rings. The van der Waals surface area contributed by atoms with E-state index in [9.17, 15) is 33.9 Å². The number of methoxy groups -OCH3 is 1. The topological polar surface area (TPSA) is 254 Å². The maximum absolute atomic E-state index is 14.2. The summed E-state index contributed by atoms with van der Waals surface area (Å²) in [4.78, 5) is 87.6. The maximum Gasteiger partial charge on any atom is 0.352 e. The second-order valence-corrected chi connectivity index (χ2v) is 16.2. The normalized spacial score (nSPS) is 14.7. The molecule has 0 radical (unpaired) electrons. The quantitative estimate of drug-likeness (QED) is 0.0727. The van der Waals surface area contributed by atoms with Crippen molar-refractivity contribution in [3.63, 3.8) is 0 Å². The van der Waals surface area contributed by atoms with Crippen LogP contribution < -0.4 is 41.4 Å². The Labute approximate surface area is 374 Å². The van der Waals surface area contributed by atoms with Gasteiger partial charge in [0.05, 0.1) is 42.7 Å². The first kappa shape index (κ1) is 45.2. The molecule has 2 aliphatic rings. The summed E-state index contributed by atoms with van der Waals surface area (Å²) >= 11 is 0. The molecule has 3 atom stereocenters. The molecular formula is C46H50N10O9. The summed E-state index contributed by atoms with van der Waals surface area (Å²) in [5, 5.41) is 20.3. The Morgan fingerprint density at radius 2 is 1.62 bits per heavy atom. The average Bonchev–Trinajstić information content (AvgIpc) is 3.94. The molecule has 0 spiro atoms. The molecule has 2 aliphatic heterocycles. The number of carbonyl (C=O) groups excluding carboxylic acids is 5. The number of anilines is 4. The Balaban J connectivity index is 0.921. The second kappa shape index (κ2) is 18.9. The lowest BCUT2D eigenvalue weighted by Crippen LogP contribution is -2.50. The van der Waals surface area contributed by atoms with Gasteiger partial charge in [-0.15, -0.1) is 0 Å². The fourth-order valence-corrected chi connectivity index (χ4v) is 7.46. The minimum Gasteiger partial charge on any atom is -0.493 e. The number of aromatic nitrogens is 3. The Kier molecular flexibility index (Phi) is 13.1. The van der Waals surface area contributed by atoms with Gasteiger partial charge in [-0.1, -0.05) is 32.0 Å².